The van der Waals surface area contributed by atoms with E-state index in [2.05, 4.69) is 14.9 Å². The first-order valence-electron chi connectivity index (χ1n) is 8.51. The smallest absolute Gasteiger partial charge is 0.146 e. The van der Waals surface area contributed by atoms with E-state index in [9.17, 15) is 0 Å². The van der Waals surface area contributed by atoms with Gasteiger partial charge in [-0.15, -0.1) is 5.10 Å². The molecule has 1 aliphatic carbocycles. The van der Waals surface area contributed by atoms with E-state index in [-0.39, 0.29) is 0 Å². The summed E-state index contributed by atoms with van der Waals surface area (Å²) in [7, 11) is 0. The highest BCUT2D eigenvalue weighted by atomic mass is 35.5. The maximum atomic E-state index is 6.38. The van der Waals surface area contributed by atoms with Gasteiger partial charge in [-0.25, -0.2) is 0 Å². The molecule has 2 aromatic rings. The van der Waals surface area contributed by atoms with Gasteiger partial charge in [0.15, 0.2) is 0 Å². The largest absolute Gasteiger partial charge is 0.338 e. The molecule has 24 heavy (non-hydrogen) atoms. The van der Waals surface area contributed by atoms with Crippen molar-refractivity contribution in [2.45, 2.75) is 46.0 Å². The Balaban J connectivity index is 1.86. The molecule has 0 spiro atoms. The van der Waals surface area contributed by atoms with E-state index in [1.54, 1.807) is 0 Å². The van der Waals surface area contributed by atoms with Gasteiger partial charge >= 0.3 is 0 Å². The van der Waals surface area contributed by atoms with Gasteiger partial charge in [0.2, 0.25) is 0 Å². The van der Waals surface area contributed by atoms with E-state index in [0.717, 1.165) is 34.2 Å². The van der Waals surface area contributed by atoms with Crippen molar-refractivity contribution in [3.8, 4) is 0 Å². The van der Waals surface area contributed by atoms with Gasteiger partial charge in [0, 0.05) is 6.54 Å². The van der Waals surface area contributed by atoms with Gasteiger partial charge in [0.25, 0.3) is 0 Å². The molecule has 0 unspecified atom stereocenters. The SMILES string of the molecule is Cc1cccc(Cl)c1NC(=NCC1CCCCC1)c1snnc1C. The van der Waals surface area contributed by atoms with Crippen molar-refractivity contribution in [1.82, 2.24) is 9.59 Å². The van der Waals surface area contributed by atoms with E-state index in [0.29, 0.717) is 10.9 Å². The number of nitrogens with one attached hydrogen (secondary N) is 1. The Hall–Kier alpha value is -1.46. The molecule has 0 saturated heterocycles. The van der Waals surface area contributed by atoms with Gasteiger partial charge in [0.1, 0.15) is 10.7 Å². The van der Waals surface area contributed by atoms with Crippen LogP contribution in [-0.2, 0) is 0 Å². The fraction of sp³-hybridized carbons (Fsp3) is 0.500. The molecule has 1 aliphatic rings. The number of benzene rings is 1. The number of rotatable bonds is 4. The topological polar surface area (TPSA) is 50.2 Å². The normalized spacial score (nSPS) is 16.4. The molecule has 4 nitrogen and oxygen atoms in total. The minimum Gasteiger partial charge on any atom is -0.338 e. The zero-order chi connectivity index (χ0) is 16.9. The Labute approximate surface area is 152 Å². The van der Waals surface area contributed by atoms with Crippen LogP contribution in [0.4, 0.5) is 5.69 Å². The Morgan fingerprint density at radius 1 is 1.29 bits per heavy atom. The van der Waals surface area contributed by atoms with Crippen molar-refractivity contribution < 1.29 is 0 Å². The summed E-state index contributed by atoms with van der Waals surface area (Å²) in [5.41, 5.74) is 2.91. The third-order valence-electron chi connectivity index (χ3n) is 4.56. The second kappa shape index (κ2) is 8.08. The van der Waals surface area contributed by atoms with Crippen molar-refractivity contribution in [2.24, 2.45) is 10.9 Å². The number of aromatic nitrogens is 2. The summed E-state index contributed by atoms with van der Waals surface area (Å²) in [6.07, 6.45) is 6.58. The molecule has 1 N–H and O–H groups in total. The summed E-state index contributed by atoms with van der Waals surface area (Å²) in [6, 6.07) is 5.90. The third kappa shape index (κ3) is 4.14. The van der Waals surface area contributed by atoms with Crippen LogP contribution >= 0.6 is 23.1 Å². The average Bonchev–Trinajstić information content (AvgIpc) is 3.01. The number of aryl methyl sites for hydroxylation is 2. The lowest BCUT2D eigenvalue weighted by Crippen LogP contribution is -2.18. The lowest BCUT2D eigenvalue weighted by atomic mass is 9.89. The van der Waals surface area contributed by atoms with E-state index < -0.39 is 0 Å². The third-order valence-corrected chi connectivity index (χ3v) is 5.71. The molecule has 3 rings (SSSR count). The molecule has 1 heterocycles. The second-order valence-corrected chi connectivity index (χ2v) is 7.60. The van der Waals surface area contributed by atoms with Gasteiger partial charge in [-0.05, 0) is 55.8 Å². The van der Waals surface area contributed by atoms with Gasteiger partial charge in [-0.3, -0.25) is 4.99 Å². The predicted molar refractivity (Wildman–Crippen MR) is 102 cm³/mol. The van der Waals surface area contributed by atoms with Gasteiger partial charge < -0.3 is 5.32 Å². The number of anilines is 1. The second-order valence-electron chi connectivity index (χ2n) is 6.44. The molecular formula is C18H23ClN4S. The van der Waals surface area contributed by atoms with Crippen LogP contribution in [0.1, 0.15) is 48.2 Å². The highest BCUT2D eigenvalue weighted by Crippen LogP contribution is 2.28. The Kier molecular flexibility index (Phi) is 5.85. The molecule has 1 aromatic heterocycles. The van der Waals surface area contributed by atoms with Crippen LogP contribution < -0.4 is 5.32 Å². The molecule has 0 bridgehead atoms. The summed E-state index contributed by atoms with van der Waals surface area (Å²) in [5.74, 6) is 1.52. The summed E-state index contributed by atoms with van der Waals surface area (Å²) in [6.45, 7) is 4.87. The number of hydrogen-bond donors (Lipinski definition) is 1. The molecule has 0 radical (unpaired) electrons. The molecule has 1 fully saturated rings. The van der Waals surface area contributed by atoms with Crippen LogP contribution in [0.5, 0.6) is 0 Å². The number of amidine groups is 1. The standard InChI is InChI=1S/C18H23ClN4S/c1-12-7-6-10-15(19)16(12)21-18(17-13(2)22-23-24-17)20-11-14-8-4-3-5-9-14/h6-7,10,14H,3-5,8-9,11H2,1-2H3,(H,20,21). The quantitative estimate of drug-likeness (QED) is 0.597. The van der Waals surface area contributed by atoms with Crippen molar-refractivity contribution in [2.75, 3.05) is 11.9 Å². The van der Waals surface area contributed by atoms with E-state index in [1.807, 2.05) is 32.0 Å². The van der Waals surface area contributed by atoms with Crippen molar-refractivity contribution in [3.05, 3.63) is 39.4 Å². The van der Waals surface area contributed by atoms with Crippen molar-refractivity contribution in [3.63, 3.8) is 0 Å². The average molecular weight is 363 g/mol. The summed E-state index contributed by atoms with van der Waals surface area (Å²) in [5, 5.41) is 8.28. The first kappa shape index (κ1) is 17.4. The zero-order valence-electron chi connectivity index (χ0n) is 14.2. The van der Waals surface area contributed by atoms with Gasteiger partial charge in [-0.1, -0.05) is 47.5 Å². The Morgan fingerprint density at radius 2 is 2.08 bits per heavy atom. The Bertz CT molecular complexity index is 699. The summed E-state index contributed by atoms with van der Waals surface area (Å²) >= 11 is 7.76. The van der Waals surface area contributed by atoms with Gasteiger partial charge in [0.05, 0.1) is 16.4 Å². The van der Waals surface area contributed by atoms with Crippen LogP contribution in [0, 0.1) is 19.8 Å². The molecule has 6 heteroatoms. The maximum Gasteiger partial charge on any atom is 0.146 e. The summed E-state index contributed by atoms with van der Waals surface area (Å²) < 4.78 is 4.06. The maximum absolute atomic E-state index is 6.38. The van der Waals surface area contributed by atoms with Crippen LogP contribution in [0.2, 0.25) is 5.02 Å². The fourth-order valence-corrected chi connectivity index (χ4v) is 4.00. The van der Waals surface area contributed by atoms with Crippen molar-refractivity contribution >= 4 is 34.7 Å². The van der Waals surface area contributed by atoms with E-state index in [1.165, 1.54) is 43.6 Å². The molecule has 0 atom stereocenters. The number of para-hydroxylation sites is 1. The van der Waals surface area contributed by atoms with Gasteiger partial charge in [-0.2, -0.15) is 0 Å². The zero-order valence-corrected chi connectivity index (χ0v) is 15.8. The van der Waals surface area contributed by atoms with E-state index in [4.69, 9.17) is 16.6 Å². The fourth-order valence-electron chi connectivity index (χ4n) is 3.12. The van der Waals surface area contributed by atoms with E-state index >= 15 is 0 Å². The van der Waals surface area contributed by atoms with Crippen LogP contribution in [-0.4, -0.2) is 22.0 Å². The van der Waals surface area contributed by atoms with Crippen LogP contribution in [0.15, 0.2) is 23.2 Å². The molecule has 1 aromatic carbocycles. The summed E-state index contributed by atoms with van der Waals surface area (Å²) in [4.78, 5) is 5.90. The number of nitrogens with zero attached hydrogens (tertiary/aromatic N) is 3. The highest BCUT2D eigenvalue weighted by molar-refractivity contribution is 7.08. The highest BCUT2D eigenvalue weighted by Gasteiger charge is 2.17. The van der Waals surface area contributed by atoms with Crippen LogP contribution in [0.25, 0.3) is 0 Å². The number of aliphatic imine (C=N–C) groups is 1. The lowest BCUT2D eigenvalue weighted by Gasteiger charge is -2.20. The minimum absolute atomic E-state index is 0.684. The molecule has 0 aliphatic heterocycles. The first-order chi connectivity index (χ1) is 11.6. The lowest BCUT2D eigenvalue weighted by molar-refractivity contribution is 0.367. The first-order valence-corrected chi connectivity index (χ1v) is 9.66. The molecular weight excluding hydrogens is 340 g/mol. The molecule has 0 amide bonds. The van der Waals surface area contributed by atoms with Crippen molar-refractivity contribution in [1.29, 1.82) is 0 Å². The minimum atomic E-state index is 0.684. The Morgan fingerprint density at radius 3 is 2.75 bits per heavy atom. The number of halogens is 1. The number of hydrogen-bond acceptors (Lipinski definition) is 4. The van der Waals surface area contributed by atoms with Crippen LogP contribution in [0.3, 0.4) is 0 Å². The molecule has 1 saturated carbocycles. The monoisotopic (exact) mass is 362 g/mol. The predicted octanol–water partition coefficient (Wildman–Crippen LogP) is 5.25. The molecule has 128 valence electrons.